The molecule has 4 nitrogen and oxygen atoms in total. The van der Waals surface area contributed by atoms with Gasteiger partial charge in [-0.3, -0.25) is 5.43 Å². The molecule has 0 aliphatic rings. The molecule has 0 heterocycles. The van der Waals surface area contributed by atoms with Crippen LogP contribution in [-0.4, -0.2) is 31.5 Å². The Bertz CT molecular complexity index is 751. The highest BCUT2D eigenvalue weighted by atomic mass is 19.2. The van der Waals surface area contributed by atoms with Crippen LogP contribution in [0.4, 0.5) is 33.3 Å². The van der Waals surface area contributed by atoms with Crippen molar-refractivity contribution in [1.82, 2.24) is 0 Å². The minimum Gasteiger partial charge on any atom is -0.395 e. The summed E-state index contributed by atoms with van der Waals surface area (Å²) in [5.74, 6) is -10.3. The van der Waals surface area contributed by atoms with Gasteiger partial charge in [0.25, 0.3) is 0 Å². The van der Waals surface area contributed by atoms with E-state index in [1.165, 1.54) is 0 Å². The van der Waals surface area contributed by atoms with Gasteiger partial charge < -0.3 is 10.0 Å². The number of anilines is 2. The molecule has 134 valence electrons. The van der Waals surface area contributed by atoms with E-state index in [0.29, 0.717) is 12.1 Å². The first kappa shape index (κ1) is 18.7. The monoisotopic (exact) mass is 359 g/mol. The Kier molecular flexibility index (Phi) is 5.92. The Labute approximate surface area is 140 Å². The van der Waals surface area contributed by atoms with E-state index in [-0.39, 0.29) is 6.61 Å². The molecule has 0 radical (unpaired) electrons. The molecular weight excluding hydrogens is 345 g/mol. The van der Waals surface area contributed by atoms with Crippen molar-refractivity contribution < 1.29 is 27.1 Å². The third-order valence-corrected chi connectivity index (χ3v) is 3.37. The van der Waals surface area contributed by atoms with Crippen LogP contribution in [0.3, 0.4) is 0 Å². The largest absolute Gasteiger partial charge is 0.395 e. The van der Waals surface area contributed by atoms with Gasteiger partial charge in [-0.05, 0) is 17.7 Å². The van der Waals surface area contributed by atoms with Gasteiger partial charge in [-0.15, -0.1) is 0 Å². The van der Waals surface area contributed by atoms with Crippen LogP contribution in [0.2, 0.25) is 0 Å². The minimum absolute atomic E-state index is 0.00839. The highest BCUT2D eigenvalue weighted by Crippen LogP contribution is 2.27. The molecule has 0 saturated carbocycles. The zero-order valence-corrected chi connectivity index (χ0v) is 13.0. The van der Waals surface area contributed by atoms with Crippen LogP contribution in [0.15, 0.2) is 29.4 Å². The Hall–Kier alpha value is -2.68. The third-order valence-electron chi connectivity index (χ3n) is 3.37. The Morgan fingerprint density at radius 1 is 0.960 bits per heavy atom. The smallest absolute Gasteiger partial charge is 0.200 e. The van der Waals surface area contributed by atoms with Crippen LogP contribution in [0.1, 0.15) is 5.56 Å². The first-order chi connectivity index (χ1) is 11.9. The van der Waals surface area contributed by atoms with Crippen molar-refractivity contribution in [1.29, 1.82) is 0 Å². The summed E-state index contributed by atoms with van der Waals surface area (Å²) in [6.07, 6.45) is 1.16. The lowest BCUT2D eigenvalue weighted by Crippen LogP contribution is -2.20. The van der Waals surface area contributed by atoms with Crippen LogP contribution in [0.5, 0.6) is 0 Å². The number of benzene rings is 2. The third kappa shape index (κ3) is 4.05. The summed E-state index contributed by atoms with van der Waals surface area (Å²) < 4.78 is 66.0. The molecular formula is C16H14F5N3O. The normalized spacial score (nSPS) is 11.2. The topological polar surface area (TPSA) is 47.9 Å². The molecule has 2 N–H and O–H groups in total. The van der Waals surface area contributed by atoms with E-state index in [9.17, 15) is 22.0 Å². The first-order valence-corrected chi connectivity index (χ1v) is 7.09. The average Bonchev–Trinajstić information content (AvgIpc) is 2.62. The van der Waals surface area contributed by atoms with Crippen molar-refractivity contribution in [2.75, 3.05) is 30.5 Å². The van der Waals surface area contributed by atoms with E-state index >= 15 is 0 Å². The fraction of sp³-hybridized carbons (Fsp3) is 0.188. The molecule has 0 spiro atoms. The predicted octanol–water partition coefficient (Wildman–Crippen LogP) is 3.26. The second-order valence-corrected chi connectivity index (χ2v) is 5.05. The maximum atomic E-state index is 13.5. The van der Waals surface area contributed by atoms with Crippen molar-refractivity contribution >= 4 is 17.6 Å². The van der Waals surface area contributed by atoms with Gasteiger partial charge in [0, 0.05) is 19.3 Å². The Morgan fingerprint density at radius 2 is 1.48 bits per heavy atom. The van der Waals surface area contributed by atoms with Crippen molar-refractivity contribution in [3.8, 4) is 0 Å². The molecule has 0 aliphatic heterocycles. The summed E-state index contributed by atoms with van der Waals surface area (Å²) in [5.41, 5.74) is 1.94. The maximum absolute atomic E-state index is 13.5. The van der Waals surface area contributed by atoms with Crippen LogP contribution in [-0.2, 0) is 0 Å². The number of nitrogens with zero attached hydrogens (tertiary/aromatic N) is 2. The lowest BCUT2D eigenvalue weighted by molar-refractivity contribution is 0.304. The molecule has 0 atom stereocenters. The number of likely N-dealkylation sites (N-methyl/N-ethyl adjacent to an activating group) is 1. The summed E-state index contributed by atoms with van der Waals surface area (Å²) in [7, 11) is 1.78. The first-order valence-electron chi connectivity index (χ1n) is 7.09. The van der Waals surface area contributed by atoms with Crippen molar-refractivity contribution in [3.05, 3.63) is 58.9 Å². The molecule has 0 unspecified atom stereocenters. The SMILES string of the molecule is CN(CCO)c1ccc(/C=N\Nc2c(F)c(F)c(F)c(F)c2F)cc1. The number of nitrogens with one attached hydrogen (secondary N) is 1. The number of hydrogen-bond acceptors (Lipinski definition) is 4. The zero-order valence-electron chi connectivity index (χ0n) is 13.0. The van der Waals surface area contributed by atoms with Gasteiger partial charge in [-0.25, -0.2) is 22.0 Å². The Morgan fingerprint density at radius 3 is 2.00 bits per heavy atom. The number of halogens is 5. The second-order valence-electron chi connectivity index (χ2n) is 5.05. The van der Waals surface area contributed by atoms with Crippen molar-refractivity contribution in [2.24, 2.45) is 5.10 Å². The number of rotatable bonds is 6. The fourth-order valence-electron chi connectivity index (χ4n) is 1.97. The minimum atomic E-state index is -2.23. The van der Waals surface area contributed by atoms with Crippen molar-refractivity contribution in [2.45, 2.75) is 0 Å². The van der Waals surface area contributed by atoms with Gasteiger partial charge in [-0.2, -0.15) is 5.10 Å². The lowest BCUT2D eigenvalue weighted by atomic mass is 10.2. The van der Waals surface area contributed by atoms with Crippen LogP contribution in [0.25, 0.3) is 0 Å². The number of aliphatic hydroxyl groups is 1. The highest BCUT2D eigenvalue weighted by Gasteiger charge is 2.25. The average molecular weight is 359 g/mol. The van der Waals surface area contributed by atoms with Gasteiger partial charge in [-0.1, -0.05) is 12.1 Å². The number of hydrazone groups is 1. The summed E-state index contributed by atoms with van der Waals surface area (Å²) in [5, 5.41) is 12.4. The van der Waals surface area contributed by atoms with E-state index in [0.717, 1.165) is 11.9 Å². The van der Waals surface area contributed by atoms with E-state index in [2.05, 4.69) is 5.10 Å². The zero-order chi connectivity index (χ0) is 18.6. The Balaban J connectivity index is 2.14. The molecule has 25 heavy (non-hydrogen) atoms. The molecule has 9 heteroatoms. The van der Waals surface area contributed by atoms with Crippen LogP contribution in [0, 0.1) is 29.1 Å². The summed E-state index contributed by atoms with van der Waals surface area (Å²) in [6.45, 7) is 0.431. The van der Waals surface area contributed by atoms with Gasteiger partial charge in [0.15, 0.2) is 23.3 Å². The van der Waals surface area contributed by atoms with Crippen LogP contribution >= 0.6 is 0 Å². The van der Waals surface area contributed by atoms with Gasteiger partial charge in [0.05, 0.1) is 12.8 Å². The molecule has 0 aromatic heterocycles. The fourth-order valence-corrected chi connectivity index (χ4v) is 1.97. The van der Waals surface area contributed by atoms with E-state index < -0.39 is 34.8 Å². The second kappa shape index (κ2) is 7.93. The van der Waals surface area contributed by atoms with Gasteiger partial charge in [0.2, 0.25) is 5.82 Å². The van der Waals surface area contributed by atoms with Gasteiger partial charge in [0.1, 0.15) is 5.69 Å². The quantitative estimate of drug-likeness (QED) is 0.274. The molecule has 2 rings (SSSR count). The van der Waals surface area contributed by atoms with E-state index in [1.807, 2.05) is 5.43 Å². The van der Waals surface area contributed by atoms with Gasteiger partial charge >= 0.3 is 0 Å². The maximum Gasteiger partial charge on any atom is 0.200 e. The lowest BCUT2D eigenvalue weighted by Gasteiger charge is -2.17. The van der Waals surface area contributed by atoms with E-state index in [4.69, 9.17) is 5.11 Å². The standard InChI is InChI=1S/C16H14F5N3O/c1-24(6-7-25)10-4-2-9(3-5-10)8-22-23-16-14(20)12(18)11(17)13(19)15(16)21/h2-5,8,23,25H,6-7H2,1H3/b22-8-. The molecule has 0 aliphatic carbocycles. The summed E-state index contributed by atoms with van der Waals surface area (Å²) >= 11 is 0. The number of hydrogen-bond donors (Lipinski definition) is 2. The highest BCUT2D eigenvalue weighted by molar-refractivity contribution is 5.81. The van der Waals surface area contributed by atoms with Crippen molar-refractivity contribution in [3.63, 3.8) is 0 Å². The van der Waals surface area contributed by atoms with Crippen LogP contribution < -0.4 is 10.3 Å². The molecule has 2 aromatic carbocycles. The predicted molar refractivity (Wildman–Crippen MR) is 84.2 cm³/mol. The molecule has 0 fully saturated rings. The molecule has 0 saturated heterocycles. The summed E-state index contributed by atoms with van der Waals surface area (Å²) in [4.78, 5) is 1.80. The summed E-state index contributed by atoms with van der Waals surface area (Å²) in [6, 6.07) is 6.70. The number of aliphatic hydroxyl groups excluding tert-OH is 1. The molecule has 0 bridgehead atoms. The molecule has 2 aromatic rings. The molecule has 0 amide bonds. The van der Waals surface area contributed by atoms with E-state index in [1.54, 1.807) is 36.2 Å².